The number of carbonyl (C=O) groups is 3. The number of nitrogens with one attached hydrogen (secondary N) is 2. The molecule has 0 saturated carbocycles. The van der Waals surface area contributed by atoms with Gasteiger partial charge in [0.25, 0.3) is 5.91 Å². The summed E-state index contributed by atoms with van der Waals surface area (Å²) in [5.74, 6) is -0.211. The summed E-state index contributed by atoms with van der Waals surface area (Å²) in [5, 5.41) is 13.8. The maximum absolute atomic E-state index is 13.1. The van der Waals surface area contributed by atoms with Crippen molar-refractivity contribution in [2.45, 2.75) is 29.0 Å². The van der Waals surface area contributed by atoms with E-state index in [1.54, 1.807) is 12.1 Å². The lowest BCUT2D eigenvalue weighted by Crippen LogP contribution is -2.44. The lowest BCUT2D eigenvalue weighted by molar-refractivity contribution is -0.134. The average Bonchev–Trinajstić information content (AvgIpc) is 3.36. The summed E-state index contributed by atoms with van der Waals surface area (Å²) in [6, 6.07) is 18.4. The zero-order valence-electron chi connectivity index (χ0n) is 17.3. The van der Waals surface area contributed by atoms with Crippen molar-refractivity contribution in [1.82, 2.24) is 20.4 Å². The molecule has 4 amide bonds. The molecule has 2 heterocycles. The van der Waals surface area contributed by atoms with Gasteiger partial charge in [0, 0.05) is 5.75 Å². The Kier molecular flexibility index (Phi) is 6.52. The van der Waals surface area contributed by atoms with E-state index >= 15 is 0 Å². The van der Waals surface area contributed by atoms with Crippen LogP contribution in [0, 0.1) is 0 Å². The van der Waals surface area contributed by atoms with Gasteiger partial charge in [-0.1, -0.05) is 90.7 Å². The van der Waals surface area contributed by atoms with Crippen LogP contribution in [0.4, 0.5) is 9.93 Å². The second-order valence-electron chi connectivity index (χ2n) is 7.14. The molecular weight excluding hydrogens is 446 g/mol. The average molecular weight is 468 g/mol. The van der Waals surface area contributed by atoms with Crippen LogP contribution in [-0.4, -0.2) is 39.5 Å². The summed E-state index contributed by atoms with van der Waals surface area (Å²) in [7, 11) is 0. The third-order valence-corrected chi connectivity index (χ3v) is 7.18. The maximum atomic E-state index is 13.1. The zero-order chi connectivity index (χ0) is 22.6. The molecule has 0 spiro atoms. The first-order valence-corrected chi connectivity index (χ1v) is 11.8. The molecule has 4 rings (SSSR count). The molecule has 0 radical (unpaired) electrons. The summed E-state index contributed by atoms with van der Waals surface area (Å²) < 4.78 is 0.716. The van der Waals surface area contributed by atoms with Crippen molar-refractivity contribution in [3.05, 3.63) is 71.8 Å². The van der Waals surface area contributed by atoms with E-state index in [0.717, 1.165) is 16.2 Å². The number of amides is 4. The quantitative estimate of drug-likeness (QED) is 0.298. The van der Waals surface area contributed by atoms with Crippen molar-refractivity contribution in [2.24, 2.45) is 0 Å². The van der Waals surface area contributed by atoms with Crippen LogP contribution >= 0.6 is 23.1 Å². The number of rotatable bonds is 8. The molecule has 164 valence electrons. The van der Waals surface area contributed by atoms with Gasteiger partial charge in [-0.2, -0.15) is 0 Å². The topological polar surface area (TPSA) is 104 Å². The van der Waals surface area contributed by atoms with Gasteiger partial charge >= 0.3 is 6.03 Å². The molecule has 1 aromatic heterocycles. The molecule has 1 saturated heterocycles. The predicted octanol–water partition coefficient (Wildman–Crippen LogP) is 3.63. The van der Waals surface area contributed by atoms with Crippen LogP contribution in [0.3, 0.4) is 0 Å². The second-order valence-corrected chi connectivity index (χ2v) is 9.34. The number of aromatic nitrogens is 2. The molecule has 1 atom stereocenters. The maximum Gasteiger partial charge on any atom is 0.325 e. The van der Waals surface area contributed by atoms with Crippen molar-refractivity contribution < 1.29 is 14.4 Å². The minimum Gasteiger partial charge on any atom is -0.319 e. The number of urea groups is 1. The Morgan fingerprint density at radius 3 is 2.47 bits per heavy atom. The monoisotopic (exact) mass is 467 g/mol. The number of benzene rings is 2. The number of thioether (sulfide) groups is 1. The number of carbonyl (C=O) groups excluding carboxylic acids is 3. The van der Waals surface area contributed by atoms with Gasteiger partial charge in [0.15, 0.2) is 4.34 Å². The van der Waals surface area contributed by atoms with Crippen LogP contribution in [-0.2, 0) is 20.9 Å². The Bertz CT molecular complexity index is 1120. The third-order valence-electron chi connectivity index (χ3n) is 5.13. The minimum absolute atomic E-state index is 0.322. The van der Waals surface area contributed by atoms with Gasteiger partial charge < -0.3 is 5.32 Å². The van der Waals surface area contributed by atoms with E-state index < -0.39 is 29.9 Å². The summed E-state index contributed by atoms with van der Waals surface area (Å²) >= 11 is 2.77. The number of hydrogen-bond donors (Lipinski definition) is 2. The number of nitrogens with zero attached hydrogens (tertiary/aromatic N) is 3. The summed E-state index contributed by atoms with van der Waals surface area (Å²) in [4.78, 5) is 39.1. The number of hydrogen-bond acceptors (Lipinski definition) is 7. The molecule has 0 bridgehead atoms. The lowest BCUT2D eigenvalue weighted by Gasteiger charge is -2.25. The molecule has 3 aromatic rings. The molecule has 1 unspecified atom stereocenters. The van der Waals surface area contributed by atoms with Crippen LogP contribution in [0.15, 0.2) is 65.0 Å². The Hall–Kier alpha value is -3.24. The van der Waals surface area contributed by atoms with Gasteiger partial charge in [0.05, 0.1) is 0 Å². The highest BCUT2D eigenvalue weighted by molar-refractivity contribution is 8.00. The fourth-order valence-electron chi connectivity index (χ4n) is 3.47. The number of imide groups is 1. The highest BCUT2D eigenvalue weighted by Gasteiger charge is 2.51. The molecule has 2 aromatic carbocycles. The standard InChI is InChI=1S/C22H21N5O3S2/c1-2-22(16-11-7-4-8-12-16)18(29)27(20(30)24-22)13-17(28)23-19-25-26-21(32-19)31-14-15-9-5-3-6-10-15/h3-12H,2,13-14H2,1H3,(H,24,30)(H,23,25,28). The molecule has 1 aliphatic rings. The lowest BCUT2D eigenvalue weighted by atomic mass is 9.87. The highest BCUT2D eigenvalue weighted by atomic mass is 32.2. The van der Waals surface area contributed by atoms with Crippen LogP contribution in [0.2, 0.25) is 0 Å². The summed E-state index contributed by atoms with van der Waals surface area (Å²) in [6.45, 7) is 1.43. The van der Waals surface area contributed by atoms with E-state index in [1.165, 1.54) is 23.1 Å². The first kappa shape index (κ1) is 22.0. The molecule has 10 heteroatoms. The van der Waals surface area contributed by atoms with Crippen LogP contribution in [0.5, 0.6) is 0 Å². The Morgan fingerprint density at radius 2 is 1.78 bits per heavy atom. The predicted molar refractivity (Wildman–Crippen MR) is 123 cm³/mol. The molecule has 8 nitrogen and oxygen atoms in total. The third kappa shape index (κ3) is 4.51. The molecule has 1 fully saturated rings. The van der Waals surface area contributed by atoms with Crippen molar-refractivity contribution in [3.8, 4) is 0 Å². The van der Waals surface area contributed by atoms with E-state index in [0.29, 0.717) is 21.5 Å². The van der Waals surface area contributed by atoms with E-state index in [9.17, 15) is 14.4 Å². The smallest absolute Gasteiger partial charge is 0.319 e. The summed E-state index contributed by atoms with van der Waals surface area (Å²) in [5.41, 5.74) is 0.686. The molecule has 2 N–H and O–H groups in total. The largest absolute Gasteiger partial charge is 0.325 e. The van der Waals surface area contributed by atoms with E-state index in [4.69, 9.17) is 0 Å². The van der Waals surface area contributed by atoms with E-state index in [1.807, 2.05) is 55.5 Å². The number of anilines is 1. The normalized spacial score (nSPS) is 18.0. The van der Waals surface area contributed by atoms with Gasteiger partial charge in [-0.15, -0.1) is 10.2 Å². The van der Waals surface area contributed by atoms with Crippen LogP contribution in [0.1, 0.15) is 24.5 Å². The molecule has 0 aliphatic carbocycles. The van der Waals surface area contributed by atoms with Gasteiger partial charge in [-0.25, -0.2) is 4.79 Å². The van der Waals surface area contributed by atoms with Gasteiger partial charge in [0.2, 0.25) is 11.0 Å². The minimum atomic E-state index is -1.16. The van der Waals surface area contributed by atoms with Crippen molar-refractivity contribution >= 4 is 46.1 Å². The van der Waals surface area contributed by atoms with E-state index in [2.05, 4.69) is 20.8 Å². The molecule has 32 heavy (non-hydrogen) atoms. The Balaban J connectivity index is 1.37. The first-order chi connectivity index (χ1) is 15.5. The Morgan fingerprint density at radius 1 is 1.09 bits per heavy atom. The summed E-state index contributed by atoms with van der Waals surface area (Å²) in [6.07, 6.45) is 0.373. The fourth-order valence-corrected chi connectivity index (χ4v) is 5.20. The van der Waals surface area contributed by atoms with Crippen LogP contribution < -0.4 is 10.6 Å². The van der Waals surface area contributed by atoms with Crippen molar-refractivity contribution in [3.63, 3.8) is 0 Å². The van der Waals surface area contributed by atoms with E-state index in [-0.39, 0.29) is 0 Å². The van der Waals surface area contributed by atoms with Crippen LogP contribution in [0.25, 0.3) is 0 Å². The second kappa shape index (κ2) is 9.49. The van der Waals surface area contributed by atoms with Gasteiger partial charge in [-0.3, -0.25) is 19.8 Å². The fraction of sp³-hybridized carbons (Fsp3) is 0.227. The molecular formula is C22H21N5O3S2. The first-order valence-electron chi connectivity index (χ1n) is 10.0. The Labute approximate surface area is 193 Å². The van der Waals surface area contributed by atoms with Gasteiger partial charge in [0.1, 0.15) is 12.1 Å². The highest BCUT2D eigenvalue weighted by Crippen LogP contribution is 2.32. The zero-order valence-corrected chi connectivity index (χ0v) is 18.9. The SMILES string of the molecule is CCC1(c2ccccc2)NC(=O)N(CC(=O)Nc2nnc(SCc3ccccc3)s2)C1=O. The van der Waals surface area contributed by atoms with Gasteiger partial charge in [-0.05, 0) is 17.5 Å². The molecule has 1 aliphatic heterocycles. The van der Waals surface area contributed by atoms with Crippen molar-refractivity contribution in [2.75, 3.05) is 11.9 Å². The van der Waals surface area contributed by atoms with Crippen molar-refractivity contribution in [1.29, 1.82) is 0 Å².